The molecule has 0 bridgehead atoms. The van der Waals surface area contributed by atoms with Gasteiger partial charge in [0, 0.05) is 17.2 Å². The van der Waals surface area contributed by atoms with Gasteiger partial charge in [-0.05, 0) is 51.1 Å². The maximum absolute atomic E-state index is 13.8. The number of thiazole rings is 1. The second kappa shape index (κ2) is 11.8. The molecule has 4 aromatic rings. The van der Waals surface area contributed by atoms with Crippen LogP contribution >= 0.6 is 11.3 Å². The Bertz CT molecular complexity index is 1830. The van der Waals surface area contributed by atoms with Crippen LogP contribution in [-0.2, 0) is 14.3 Å². The van der Waals surface area contributed by atoms with E-state index >= 15 is 0 Å². The number of furan rings is 1. The summed E-state index contributed by atoms with van der Waals surface area (Å²) in [4.78, 5) is 43.9. The largest absolute Gasteiger partial charge is 0.496 e. The number of rotatable bonds is 8. The summed E-state index contributed by atoms with van der Waals surface area (Å²) in [6.07, 6.45) is 1.66. The fraction of sp³-hybridized carbons (Fsp3) is 0.226. The molecular weight excluding hydrogens is 544 g/mol. The highest BCUT2D eigenvalue weighted by Gasteiger charge is 2.35. The minimum Gasteiger partial charge on any atom is -0.496 e. The normalized spacial score (nSPS) is 14.8. The Morgan fingerprint density at radius 2 is 1.71 bits per heavy atom. The van der Waals surface area contributed by atoms with E-state index in [1.807, 2.05) is 18.2 Å². The molecule has 10 heteroatoms. The number of ether oxygens (including phenoxy) is 3. The number of hydrogen-bond donors (Lipinski definition) is 0. The van der Waals surface area contributed by atoms with Crippen molar-refractivity contribution in [2.24, 2.45) is 4.99 Å². The molecule has 3 heterocycles. The zero-order valence-electron chi connectivity index (χ0n) is 23.0. The third kappa shape index (κ3) is 5.38. The molecule has 1 aliphatic rings. The number of nitrogens with zero attached hydrogens (tertiary/aromatic N) is 2. The number of carbonyl (C=O) groups is 2. The first kappa shape index (κ1) is 27.9. The molecule has 0 amide bonds. The van der Waals surface area contributed by atoms with Gasteiger partial charge in [-0.3, -0.25) is 9.36 Å². The Labute approximate surface area is 239 Å². The molecule has 2 aromatic heterocycles. The second-order valence-corrected chi connectivity index (χ2v) is 10.1. The highest BCUT2D eigenvalue weighted by molar-refractivity contribution is 7.07. The van der Waals surface area contributed by atoms with Crippen LogP contribution in [0.5, 0.6) is 5.75 Å². The van der Waals surface area contributed by atoms with Crippen LogP contribution < -0.4 is 19.6 Å². The molecule has 0 aliphatic carbocycles. The lowest BCUT2D eigenvalue weighted by atomic mass is 9.95. The number of benzene rings is 2. The van der Waals surface area contributed by atoms with Crippen molar-refractivity contribution in [2.45, 2.75) is 26.8 Å². The van der Waals surface area contributed by atoms with Crippen LogP contribution in [0.4, 0.5) is 0 Å². The standard InChI is InChI=1S/C31H28N2O7S/c1-5-38-29(35)20-13-11-19(12-14-20)23-16-15-21(40-23)17-25-28(34)33-27(22-9-7-8-10-24(22)37-4)26(30(36)39-6-2)18(3)32-31(33)41-25/h7-17,27H,5-6H2,1-4H3/b25-17-/t27-/m1/s1. The summed E-state index contributed by atoms with van der Waals surface area (Å²) in [5, 5.41) is 0. The SMILES string of the molecule is CCOC(=O)C1=C(C)N=c2s/c(=C\c3ccc(-c4ccc(C(=O)OCC)cc4)o3)c(=O)n2[C@@H]1c1ccccc1OC. The number of hydrogen-bond acceptors (Lipinski definition) is 9. The molecule has 9 nitrogen and oxygen atoms in total. The lowest BCUT2D eigenvalue weighted by molar-refractivity contribution is -0.139. The van der Waals surface area contributed by atoms with E-state index in [9.17, 15) is 14.4 Å². The van der Waals surface area contributed by atoms with Crippen molar-refractivity contribution in [3.63, 3.8) is 0 Å². The third-order valence-corrected chi connectivity index (χ3v) is 7.51. The van der Waals surface area contributed by atoms with E-state index in [1.165, 1.54) is 15.9 Å². The molecule has 1 atom stereocenters. The number of allylic oxidation sites excluding steroid dienone is 1. The fourth-order valence-corrected chi connectivity index (χ4v) is 5.70. The van der Waals surface area contributed by atoms with Crippen LogP contribution in [0.3, 0.4) is 0 Å². The number of para-hydroxylation sites is 1. The van der Waals surface area contributed by atoms with Crippen molar-refractivity contribution in [2.75, 3.05) is 20.3 Å². The van der Waals surface area contributed by atoms with Gasteiger partial charge in [-0.25, -0.2) is 14.6 Å². The van der Waals surface area contributed by atoms with E-state index in [4.69, 9.17) is 18.6 Å². The molecule has 0 saturated carbocycles. The average Bonchev–Trinajstić information content (AvgIpc) is 3.56. The molecule has 0 N–H and O–H groups in total. The van der Waals surface area contributed by atoms with E-state index in [2.05, 4.69) is 4.99 Å². The fourth-order valence-electron chi connectivity index (χ4n) is 4.68. The predicted molar refractivity (Wildman–Crippen MR) is 153 cm³/mol. The van der Waals surface area contributed by atoms with Crippen LogP contribution in [0.2, 0.25) is 0 Å². The smallest absolute Gasteiger partial charge is 0.338 e. The Kier molecular flexibility index (Phi) is 8.02. The summed E-state index contributed by atoms with van der Waals surface area (Å²) in [7, 11) is 1.54. The van der Waals surface area contributed by atoms with Crippen molar-refractivity contribution in [1.82, 2.24) is 4.57 Å². The summed E-state index contributed by atoms with van der Waals surface area (Å²) in [5.74, 6) is 0.654. The Morgan fingerprint density at radius 1 is 1.00 bits per heavy atom. The second-order valence-electron chi connectivity index (χ2n) is 9.04. The first-order chi connectivity index (χ1) is 19.9. The van der Waals surface area contributed by atoms with E-state index in [1.54, 1.807) is 76.4 Å². The maximum Gasteiger partial charge on any atom is 0.338 e. The van der Waals surface area contributed by atoms with E-state index in [0.717, 1.165) is 5.56 Å². The van der Waals surface area contributed by atoms with E-state index in [-0.39, 0.29) is 23.7 Å². The number of esters is 2. The summed E-state index contributed by atoms with van der Waals surface area (Å²) in [6.45, 7) is 5.71. The minimum absolute atomic E-state index is 0.186. The van der Waals surface area contributed by atoms with Crippen LogP contribution in [0.1, 0.15) is 48.5 Å². The van der Waals surface area contributed by atoms with Crippen molar-refractivity contribution >= 4 is 29.4 Å². The lowest BCUT2D eigenvalue weighted by Crippen LogP contribution is -2.40. The van der Waals surface area contributed by atoms with Gasteiger partial charge in [0.1, 0.15) is 23.3 Å². The average molecular weight is 573 g/mol. The molecular formula is C31H28N2O7S. The highest BCUT2D eigenvalue weighted by Crippen LogP contribution is 2.35. The summed E-state index contributed by atoms with van der Waals surface area (Å²) in [6, 6.07) is 16.9. The van der Waals surface area contributed by atoms with Crippen molar-refractivity contribution in [3.8, 4) is 17.1 Å². The van der Waals surface area contributed by atoms with Crippen LogP contribution in [0.15, 0.2) is 86.1 Å². The first-order valence-electron chi connectivity index (χ1n) is 13.1. The highest BCUT2D eigenvalue weighted by atomic mass is 32.1. The van der Waals surface area contributed by atoms with Gasteiger partial charge in [-0.15, -0.1) is 0 Å². The van der Waals surface area contributed by atoms with Crippen molar-refractivity contribution in [1.29, 1.82) is 0 Å². The minimum atomic E-state index is -0.784. The molecule has 5 rings (SSSR count). The van der Waals surface area contributed by atoms with Gasteiger partial charge in [0.25, 0.3) is 5.56 Å². The molecule has 0 saturated heterocycles. The predicted octanol–water partition coefficient (Wildman–Crippen LogP) is 4.24. The van der Waals surface area contributed by atoms with Gasteiger partial charge in [0.15, 0.2) is 4.80 Å². The Morgan fingerprint density at radius 3 is 2.41 bits per heavy atom. The third-order valence-electron chi connectivity index (χ3n) is 6.53. The van der Waals surface area contributed by atoms with Gasteiger partial charge in [-0.1, -0.05) is 41.7 Å². The molecule has 0 unspecified atom stereocenters. The maximum atomic E-state index is 13.8. The van der Waals surface area contributed by atoms with Crippen LogP contribution in [0, 0.1) is 0 Å². The van der Waals surface area contributed by atoms with Crippen LogP contribution in [0.25, 0.3) is 17.4 Å². The summed E-state index contributed by atoms with van der Waals surface area (Å²) >= 11 is 1.20. The zero-order valence-corrected chi connectivity index (χ0v) is 23.8. The molecule has 2 aromatic carbocycles. The number of methoxy groups -OCH3 is 1. The number of carbonyl (C=O) groups excluding carboxylic acids is 2. The molecule has 210 valence electrons. The Balaban J connectivity index is 1.57. The first-order valence-corrected chi connectivity index (χ1v) is 13.9. The van der Waals surface area contributed by atoms with Gasteiger partial charge in [0.05, 0.1) is 41.7 Å². The molecule has 41 heavy (non-hydrogen) atoms. The van der Waals surface area contributed by atoms with Gasteiger partial charge >= 0.3 is 11.9 Å². The van der Waals surface area contributed by atoms with Crippen molar-refractivity contribution in [3.05, 3.63) is 109 Å². The number of fused-ring (bicyclic) bond motifs is 1. The summed E-state index contributed by atoms with van der Waals surface area (Å²) < 4.78 is 23.9. The van der Waals surface area contributed by atoms with Gasteiger partial charge in [-0.2, -0.15) is 0 Å². The molecule has 1 aliphatic heterocycles. The number of aromatic nitrogens is 1. The molecule has 0 spiro atoms. The lowest BCUT2D eigenvalue weighted by Gasteiger charge is -2.25. The summed E-state index contributed by atoms with van der Waals surface area (Å²) in [5.41, 5.74) is 2.29. The molecule has 0 radical (unpaired) electrons. The van der Waals surface area contributed by atoms with Gasteiger partial charge < -0.3 is 18.6 Å². The quantitative estimate of drug-likeness (QED) is 0.291. The Hall–Kier alpha value is -4.70. The zero-order chi connectivity index (χ0) is 29.1. The van der Waals surface area contributed by atoms with E-state index < -0.39 is 12.0 Å². The van der Waals surface area contributed by atoms with Crippen LogP contribution in [-0.4, -0.2) is 36.8 Å². The van der Waals surface area contributed by atoms with E-state index in [0.29, 0.717) is 50.0 Å². The van der Waals surface area contributed by atoms with Gasteiger partial charge in [0.2, 0.25) is 0 Å². The van der Waals surface area contributed by atoms with Crippen molar-refractivity contribution < 1.29 is 28.2 Å². The molecule has 0 fully saturated rings. The topological polar surface area (TPSA) is 109 Å². The monoisotopic (exact) mass is 572 g/mol.